The second kappa shape index (κ2) is 6.74. The first kappa shape index (κ1) is 17.6. The second-order valence-electron chi connectivity index (χ2n) is 7.17. The summed E-state index contributed by atoms with van der Waals surface area (Å²) in [5.41, 5.74) is 2.99. The lowest BCUT2D eigenvalue weighted by molar-refractivity contribution is 0.407. The number of hydrogen-bond donors (Lipinski definition) is 2. The fraction of sp³-hybridized carbons (Fsp3) is 0.238. The standard InChI is InChI=1S/C21H20ClN3O2/c1-12(2)10-25-11-24-21-19(20(25)23)18(13-3-5-14(22)6-4-13)16-8-7-15(26)9-17(16)27-21/h3-9,11-12,18,23,26H,10H2,1-2H3/t18-/m1/s1. The van der Waals surface area contributed by atoms with Gasteiger partial charge in [0.25, 0.3) is 0 Å². The van der Waals surface area contributed by atoms with Gasteiger partial charge in [0.1, 0.15) is 23.3 Å². The molecule has 4 rings (SSSR count). The molecule has 138 valence electrons. The van der Waals surface area contributed by atoms with Crippen molar-refractivity contribution in [3.8, 4) is 17.4 Å². The molecule has 0 spiro atoms. The molecule has 2 heterocycles. The highest BCUT2D eigenvalue weighted by molar-refractivity contribution is 6.30. The number of phenols is 1. The Bertz CT molecular complexity index is 1060. The van der Waals surface area contributed by atoms with E-state index in [1.165, 1.54) is 0 Å². The average Bonchev–Trinajstić information content (AvgIpc) is 2.63. The normalized spacial score (nSPS) is 15.2. The molecule has 0 aliphatic carbocycles. The van der Waals surface area contributed by atoms with Crippen molar-refractivity contribution < 1.29 is 9.84 Å². The van der Waals surface area contributed by atoms with E-state index in [9.17, 15) is 5.11 Å². The van der Waals surface area contributed by atoms with Gasteiger partial charge in [-0.3, -0.25) is 5.41 Å². The summed E-state index contributed by atoms with van der Waals surface area (Å²) >= 11 is 6.07. The molecule has 2 N–H and O–H groups in total. The quantitative estimate of drug-likeness (QED) is 0.542. The summed E-state index contributed by atoms with van der Waals surface area (Å²) in [7, 11) is 0. The van der Waals surface area contributed by atoms with E-state index < -0.39 is 0 Å². The van der Waals surface area contributed by atoms with Gasteiger partial charge in [-0.2, -0.15) is 0 Å². The fourth-order valence-electron chi connectivity index (χ4n) is 3.49. The van der Waals surface area contributed by atoms with Crippen molar-refractivity contribution in [2.24, 2.45) is 5.92 Å². The van der Waals surface area contributed by atoms with Crippen LogP contribution in [0.25, 0.3) is 0 Å². The van der Waals surface area contributed by atoms with Crippen LogP contribution in [0.5, 0.6) is 17.4 Å². The molecule has 3 aromatic rings. The Balaban J connectivity index is 1.96. The number of halogens is 1. The summed E-state index contributed by atoms with van der Waals surface area (Å²) in [5, 5.41) is 19.3. The van der Waals surface area contributed by atoms with Gasteiger partial charge in [-0.05, 0) is 29.7 Å². The van der Waals surface area contributed by atoms with E-state index in [2.05, 4.69) is 18.8 Å². The van der Waals surface area contributed by atoms with Gasteiger partial charge >= 0.3 is 0 Å². The van der Waals surface area contributed by atoms with E-state index in [1.807, 2.05) is 34.9 Å². The van der Waals surface area contributed by atoms with Gasteiger partial charge in [-0.25, -0.2) is 4.98 Å². The molecule has 0 saturated carbocycles. The van der Waals surface area contributed by atoms with Crippen molar-refractivity contribution >= 4 is 11.6 Å². The van der Waals surface area contributed by atoms with Gasteiger partial charge in [0, 0.05) is 29.1 Å². The predicted molar refractivity (Wildman–Crippen MR) is 103 cm³/mol. The minimum absolute atomic E-state index is 0.129. The van der Waals surface area contributed by atoms with E-state index in [0.29, 0.717) is 34.6 Å². The number of benzene rings is 2. The van der Waals surface area contributed by atoms with Crippen LogP contribution in [0.2, 0.25) is 5.02 Å². The van der Waals surface area contributed by atoms with Crippen LogP contribution in [0.1, 0.15) is 36.5 Å². The van der Waals surface area contributed by atoms with Crippen LogP contribution in [0.15, 0.2) is 48.8 Å². The minimum atomic E-state index is -0.221. The van der Waals surface area contributed by atoms with Crippen molar-refractivity contribution in [1.82, 2.24) is 9.55 Å². The molecule has 6 heteroatoms. The Labute approximate surface area is 162 Å². The SMILES string of the molecule is CC(C)Cn1cnc2c(c1=N)[C@H](c1ccc(Cl)cc1)c1ccc(O)cc1O2. The number of rotatable bonds is 3. The summed E-state index contributed by atoms with van der Waals surface area (Å²) in [6, 6.07) is 12.7. The Morgan fingerprint density at radius 3 is 2.67 bits per heavy atom. The van der Waals surface area contributed by atoms with Gasteiger partial charge in [0.05, 0.1) is 5.56 Å². The van der Waals surface area contributed by atoms with Gasteiger partial charge in [0.15, 0.2) is 0 Å². The molecular weight excluding hydrogens is 362 g/mol. The van der Waals surface area contributed by atoms with E-state index in [-0.39, 0.29) is 11.7 Å². The lowest BCUT2D eigenvalue weighted by Gasteiger charge is -2.28. The molecule has 1 aliphatic rings. The lowest BCUT2D eigenvalue weighted by Crippen LogP contribution is -2.30. The maximum absolute atomic E-state index is 9.87. The van der Waals surface area contributed by atoms with Crippen LogP contribution in [-0.2, 0) is 6.54 Å². The topological polar surface area (TPSA) is 71.1 Å². The van der Waals surface area contributed by atoms with Crippen LogP contribution in [-0.4, -0.2) is 14.7 Å². The Morgan fingerprint density at radius 1 is 1.22 bits per heavy atom. The van der Waals surface area contributed by atoms with Crippen LogP contribution in [0.4, 0.5) is 0 Å². The highest BCUT2D eigenvalue weighted by Gasteiger charge is 2.32. The van der Waals surface area contributed by atoms with Crippen LogP contribution < -0.4 is 10.2 Å². The summed E-state index contributed by atoms with van der Waals surface area (Å²) in [4.78, 5) is 4.47. The van der Waals surface area contributed by atoms with Gasteiger partial charge < -0.3 is 14.4 Å². The first-order valence-electron chi connectivity index (χ1n) is 8.84. The number of hydrogen-bond acceptors (Lipinski definition) is 4. The average molecular weight is 382 g/mol. The maximum atomic E-state index is 9.87. The Hall–Kier alpha value is -2.79. The number of aromatic nitrogens is 2. The molecule has 1 aromatic heterocycles. The second-order valence-corrected chi connectivity index (χ2v) is 7.60. The van der Waals surface area contributed by atoms with Crippen LogP contribution >= 0.6 is 11.6 Å². The highest BCUT2D eigenvalue weighted by atomic mass is 35.5. The molecule has 5 nitrogen and oxygen atoms in total. The van der Waals surface area contributed by atoms with E-state index >= 15 is 0 Å². The zero-order valence-electron chi connectivity index (χ0n) is 15.1. The van der Waals surface area contributed by atoms with Crippen molar-refractivity contribution in [2.45, 2.75) is 26.3 Å². The van der Waals surface area contributed by atoms with Crippen molar-refractivity contribution in [1.29, 1.82) is 5.41 Å². The molecule has 0 saturated heterocycles. The number of aromatic hydroxyl groups is 1. The van der Waals surface area contributed by atoms with Crippen molar-refractivity contribution in [2.75, 3.05) is 0 Å². The summed E-state index contributed by atoms with van der Waals surface area (Å²) in [6.07, 6.45) is 1.65. The zero-order valence-corrected chi connectivity index (χ0v) is 15.9. The molecule has 1 atom stereocenters. The molecule has 0 bridgehead atoms. The van der Waals surface area contributed by atoms with Gasteiger partial charge in [0.2, 0.25) is 5.88 Å². The third-order valence-electron chi connectivity index (χ3n) is 4.66. The summed E-state index contributed by atoms with van der Waals surface area (Å²) in [5.74, 6) is 1.25. The molecule has 27 heavy (non-hydrogen) atoms. The van der Waals surface area contributed by atoms with Crippen molar-refractivity contribution in [3.63, 3.8) is 0 Å². The van der Waals surface area contributed by atoms with Crippen LogP contribution in [0.3, 0.4) is 0 Å². The fourth-order valence-corrected chi connectivity index (χ4v) is 3.62. The highest BCUT2D eigenvalue weighted by Crippen LogP contribution is 2.46. The lowest BCUT2D eigenvalue weighted by atomic mass is 9.84. The summed E-state index contributed by atoms with van der Waals surface area (Å²) in [6.45, 7) is 4.92. The zero-order chi connectivity index (χ0) is 19.1. The first-order valence-corrected chi connectivity index (χ1v) is 9.22. The maximum Gasteiger partial charge on any atom is 0.228 e. The molecular formula is C21H20ClN3O2. The third-order valence-corrected chi connectivity index (χ3v) is 4.91. The van der Waals surface area contributed by atoms with Gasteiger partial charge in [-0.1, -0.05) is 43.6 Å². The van der Waals surface area contributed by atoms with E-state index in [4.69, 9.17) is 21.7 Å². The molecule has 0 fully saturated rings. The monoisotopic (exact) mass is 381 g/mol. The number of nitrogens with one attached hydrogen (secondary N) is 1. The molecule has 0 radical (unpaired) electrons. The molecule has 0 unspecified atom stereocenters. The van der Waals surface area contributed by atoms with E-state index in [0.717, 1.165) is 16.7 Å². The molecule has 0 amide bonds. The van der Waals surface area contributed by atoms with Crippen molar-refractivity contribution in [3.05, 3.63) is 76.0 Å². The van der Waals surface area contributed by atoms with E-state index in [1.54, 1.807) is 18.5 Å². The first-order chi connectivity index (χ1) is 12.9. The number of nitrogens with zero attached hydrogens (tertiary/aromatic N) is 2. The summed E-state index contributed by atoms with van der Waals surface area (Å²) < 4.78 is 7.79. The Morgan fingerprint density at radius 2 is 1.96 bits per heavy atom. The Kier molecular flexibility index (Phi) is 4.40. The predicted octanol–water partition coefficient (Wildman–Crippen LogP) is 4.66. The minimum Gasteiger partial charge on any atom is -0.508 e. The molecule has 2 aromatic carbocycles. The number of ether oxygens (including phenoxy) is 1. The smallest absolute Gasteiger partial charge is 0.228 e. The molecule has 1 aliphatic heterocycles. The third kappa shape index (κ3) is 3.19. The number of fused-ring (bicyclic) bond motifs is 2. The van der Waals surface area contributed by atoms with Crippen LogP contribution in [0, 0.1) is 11.3 Å². The van der Waals surface area contributed by atoms with Gasteiger partial charge in [-0.15, -0.1) is 0 Å². The number of phenolic OH excluding ortho intramolecular Hbond substituents is 1. The largest absolute Gasteiger partial charge is 0.508 e.